The lowest BCUT2D eigenvalue weighted by Gasteiger charge is -2.13. The van der Waals surface area contributed by atoms with Crippen molar-refractivity contribution in [2.24, 2.45) is 0 Å². The predicted octanol–water partition coefficient (Wildman–Crippen LogP) is 3.97. The number of nitrogens with zero attached hydrogens (tertiary/aromatic N) is 1. The van der Waals surface area contributed by atoms with Crippen molar-refractivity contribution in [2.45, 2.75) is 6.54 Å². The molecule has 0 bridgehead atoms. The molecule has 3 aromatic rings. The molecule has 0 amide bonds. The van der Waals surface area contributed by atoms with Gasteiger partial charge in [0.1, 0.15) is 11.5 Å². The van der Waals surface area contributed by atoms with Crippen molar-refractivity contribution >= 4 is 32.9 Å². The fraction of sp³-hybridized carbons (Fsp3) is 0.235. The molecular formula is C17H19N3O2S. The summed E-state index contributed by atoms with van der Waals surface area (Å²) in [6.07, 6.45) is 1.91. The smallest absolute Gasteiger partial charge is 0.124 e. The van der Waals surface area contributed by atoms with Crippen molar-refractivity contribution in [1.29, 1.82) is 0 Å². The number of anilines is 2. The van der Waals surface area contributed by atoms with E-state index in [1.807, 2.05) is 37.5 Å². The van der Waals surface area contributed by atoms with Crippen LogP contribution in [0.25, 0.3) is 10.2 Å². The summed E-state index contributed by atoms with van der Waals surface area (Å²) in [7, 11) is 5.23. The van der Waals surface area contributed by atoms with Gasteiger partial charge < -0.3 is 20.1 Å². The van der Waals surface area contributed by atoms with E-state index in [1.54, 1.807) is 25.6 Å². The number of thiophene rings is 1. The Morgan fingerprint density at radius 3 is 2.52 bits per heavy atom. The lowest BCUT2D eigenvalue weighted by Crippen LogP contribution is -2.04. The maximum atomic E-state index is 5.30. The van der Waals surface area contributed by atoms with E-state index >= 15 is 0 Å². The van der Waals surface area contributed by atoms with Crippen molar-refractivity contribution < 1.29 is 9.47 Å². The van der Waals surface area contributed by atoms with Gasteiger partial charge in [0, 0.05) is 49.2 Å². The minimum absolute atomic E-state index is 0.660. The van der Waals surface area contributed by atoms with Gasteiger partial charge in [0.15, 0.2) is 0 Å². The lowest BCUT2D eigenvalue weighted by atomic mass is 10.2. The number of ether oxygens (including phenoxy) is 2. The van der Waals surface area contributed by atoms with Crippen LogP contribution in [0.4, 0.5) is 11.4 Å². The highest BCUT2D eigenvalue weighted by atomic mass is 32.1. The van der Waals surface area contributed by atoms with Crippen LogP contribution in [0.5, 0.6) is 11.5 Å². The molecule has 3 rings (SSSR count). The number of rotatable bonds is 6. The largest absolute Gasteiger partial charge is 0.497 e. The van der Waals surface area contributed by atoms with Gasteiger partial charge in [0.2, 0.25) is 0 Å². The molecule has 6 heteroatoms. The zero-order valence-electron chi connectivity index (χ0n) is 13.3. The normalized spacial score (nSPS) is 10.6. The fourth-order valence-electron chi connectivity index (χ4n) is 2.46. The van der Waals surface area contributed by atoms with Gasteiger partial charge in [-0.2, -0.15) is 0 Å². The van der Waals surface area contributed by atoms with E-state index in [0.717, 1.165) is 34.0 Å². The first-order valence-electron chi connectivity index (χ1n) is 7.25. The second kappa shape index (κ2) is 6.75. The third-order valence-electron chi connectivity index (χ3n) is 3.64. The van der Waals surface area contributed by atoms with Gasteiger partial charge in [-0.25, -0.2) is 0 Å². The Hall–Kier alpha value is -2.47. The number of methoxy groups -OCH3 is 2. The highest BCUT2D eigenvalue weighted by Gasteiger charge is 2.09. The molecule has 5 nitrogen and oxygen atoms in total. The highest BCUT2D eigenvalue weighted by molar-refractivity contribution is 7.17. The molecule has 2 aromatic heterocycles. The molecule has 0 spiro atoms. The van der Waals surface area contributed by atoms with Crippen LogP contribution in [-0.2, 0) is 6.54 Å². The number of nitrogens with one attached hydrogen (secondary N) is 2. The second-order valence-electron chi connectivity index (χ2n) is 5.00. The van der Waals surface area contributed by atoms with Crippen molar-refractivity contribution in [1.82, 2.24) is 4.98 Å². The van der Waals surface area contributed by atoms with Crippen LogP contribution in [0, 0.1) is 0 Å². The molecule has 0 aliphatic rings. The molecule has 0 fully saturated rings. The van der Waals surface area contributed by atoms with E-state index in [0.29, 0.717) is 6.54 Å². The van der Waals surface area contributed by atoms with Crippen LogP contribution >= 0.6 is 11.3 Å². The summed E-state index contributed by atoms with van der Waals surface area (Å²) in [6.45, 7) is 0.660. The lowest BCUT2D eigenvalue weighted by molar-refractivity contribution is 0.394. The SMILES string of the molecule is CNc1c(CNc2cc(OC)cc(OC)c2)cnc2ccsc12. The number of pyridine rings is 1. The maximum Gasteiger partial charge on any atom is 0.124 e. The monoisotopic (exact) mass is 329 g/mol. The molecule has 2 N–H and O–H groups in total. The van der Waals surface area contributed by atoms with Gasteiger partial charge in [-0.3, -0.25) is 4.98 Å². The zero-order chi connectivity index (χ0) is 16.2. The predicted molar refractivity (Wildman–Crippen MR) is 96.0 cm³/mol. The third kappa shape index (κ3) is 3.17. The first-order chi connectivity index (χ1) is 11.2. The number of fused-ring (bicyclic) bond motifs is 1. The molecule has 0 atom stereocenters. The third-order valence-corrected chi connectivity index (χ3v) is 4.56. The summed E-state index contributed by atoms with van der Waals surface area (Å²) in [5.41, 5.74) is 4.19. The standard InChI is InChI=1S/C17H19N3O2S/c1-18-16-11(10-20-15-4-5-23-17(15)16)9-19-12-6-13(21-2)8-14(7-12)22-3/h4-8,10,19H,9H2,1-3H3,(H,18,20). The zero-order valence-corrected chi connectivity index (χ0v) is 14.2. The van der Waals surface area contributed by atoms with Gasteiger partial charge in [-0.05, 0) is 11.4 Å². The van der Waals surface area contributed by atoms with Gasteiger partial charge in [0.25, 0.3) is 0 Å². The highest BCUT2D eigenvalue weighted by Crippen LogP contribution is 2.31. The van der Waals surface area contributed by atoms with Crippen LogP contribution in [0.2, 0.25) is 0 Å². The molecule has 0 unspecified atom stereocenters. The van der Waals surface area contributed by atoms with E-state index in [4.69, 9.17) is 9.47 Å². The summed E-state index contributed by atoms with van der Waals surface area (Å²) < 4.78 is 11.8. The minimum atomic E-state index is 0.660. The number of aromatic nitrogens is 1. The molecular weight excluding hydrogens is 310 g/mol. The van der Waals surface area contributed by atoms with Gasteiger partial charge in [-0.15, -0.1) is 11.3 Å². The summed E-state index contributed by atoms with van der Waals surface area (Å²) in [5, 5.41) is 8.75. The fourth-order valence-corrected chi connectivity index (χ4v) is 3.39. The average molecular weight is 329 g/mol. The molecule has 0 saturated carbocycles. The Balaban J connectivity index is 1.86. The molecule has 23 heavy (non-hydrogen) atoms. The van der Waals surface area contributed by atoms with Crippen molar-refractivity contribution in [3.05, 3.63) is 41.4 Å². The molecule has 2 heterocycles. The number of benzene rings is 1. The van der Waals surface area contributed by atoms with E-state index in [9.17, 15) is 0 Å². The Morgan fingerprint density at radius 2 is 1.87 bits per heavy atom. The summed E-state index contributed by atoms with van der Waals surface area (Å²) >= 11 is 1.69. The van der Waals surface area contributed by atoms with Gasteiger partial charge in [-0.1, -0.05) is 0 Å². The number of hydrogen-bond donors (Lipinski definition) is 2. The first-order valence-corrected chi connectivity index (χ1v) is 8.13. The van der Waals surface area contributed by atoms with Gasteiger partial charge in [0.05, 0.1) is 30.1 Å². The Morgan fingerprint density at radius 1 is 1.13 bits per heavy atom. The molecule has 1 aromatic carbocycles. The molecule has 0 saturated heterocycles. The van der Waals surface area contributed by atoms with Crippen molar-refractivity contribution in [3.8, 4) is 11.5 Å². The van der Waals surface area contributed by atoms with Crippen LogP contribution < -0.4 is 20.1 Å². The minimum Gasteiger partial charge on any atom is -0.497 e. The average Bonchev–Trinajstić information content (AvgIpc) is 3.07. The maximum absolute atomic E-state index is 5.30. The van der Waals surface area contributed by atoms with E-state index in [2.05, 4.69) is 21.0 Å². The molecule has 0 aliphatic heterocycles. The topological polar surface area (TPSA) is 55.4 Å². The van der Waals surface area contributed by atoms with Crippen molar-refractivity contribution in [3.63, 3.8) is 0 Å². The van der Waals surface area contributed by atoms with Crippen LogP contribution in [-0.4, -0.2) is 26.3 Å². The first kappa shape index (κ1) is 15.4. The Labute approximate surface area is 139 Å². The van der Waals surface area contributed by atoms with Crippen molar-refractivity contribution in [2.75, 3.05) is 31.9 Å². The van der Waals surface area contributed by atoms with Crippen LogP contribution in [0.3, 0.4) is 0 Å². The van der Waals surface area contributed by atoms with Crippen LogP contribution in [0.15, 0.2) is 35.8 Å². The van der Waals surface area contributed by atoms with E-state index < -0.39 is 0 Å². The second-order valence-corrected chi connectivity index (χ2v) is 5.91. The Kier molecular flexibility index (Phi) is 4.52. The molecule has 0 aliphatic carbocycles. The van der Waals surface area contributed by atoms with E-state index in [1.165, 1.54) is 4.70 Å². The summed E-state index contributed by atoms with van der Waals surface area (Å²) in [4.78, 5) is 4.51. The summed E-state index contributed by atoms with van der Waals surface area (Å²) in [6, 6.07) is 7.77. The summed E-state index contributed by atoms with van der Waals surface area (Å²) in [5.74, 6) is 1.51. The van der Waals surface area contributed by atoms with Crippen LogP contribution in [0.1, 0.15) is 5.56 Å². The molecule has 0 radical (unpaired) electrons. The Bertz CT molecular complexity index is 794. The molecule has 120 valence electrons. The quantitative estimate of drug-likeness (QED) is 0.717. The number of hydrogen-bond acceptors (Lipinski definition) is 6. The van der Waals surface area contributed by atoms with E-state index in [-0.39, 0.29) is 0 Å². The van der Waals surface area contributed by atoms with Gasteiger partial charge >= 0.3 is 0 Å².